The highest BCUT2D eigenvalue weighted by atomic mass is 79.9. The van der Waals surface area contributed by atoms with Gasteiger partial charge < -0.3 is 5.73 Å². The molecule has 4 nitrogen and oxygen atoms in total. The number of nitrogens with zero attached hydrogens (tertiary/aromatic N) is 2. The van der Waals surface area contributed by atoms with Crippen LogP contribution in [0.2, 0.25) is 0 Å². The number of amides is 1. The zero-order valence-corrected chi connectivity index (χ0v) is 13.5. The van der Waals surface area contributed by atoms with Crippen molar-refractivity contribution in [1.29, 1.82) is 0 Å². The van der Waals surface area contributed by atoms with Crippen LogP contribution in [0, 0.1) is 0 Å². The number of halogens is 1. The van der Waals surface area contributed by atoms with E-state index in [1.165, 1.54) is 0 Å². The Morgan fingerprint density at radius 3 is 2.76 bits per heavy atom. The molecule has 1 heterocycles. The molecule has 1 aromatic carbocycles. The predicted molar refractivity (Wildman–Crippen MR) is 86.6 cm³/mol. The largest absolute Gasteiger partial charge is 0.368 e. The molecule has 5 heteroatoms. The van der Waals surface area contributed by atoms with Gasteiger partial charge in [-0.3, -0.25) is 14.7 Å². The topological polar surface area (TPSA) is 59.2 Å². The van der Waals surface area contributed by atoms with Crippen molar-refractivity contribution in [2.45, 2.75) is 12.5 Å². The minimum atomic E-state index is -0.439. The molecule has 2 rings (SSSR count). The summed E-state index contributed by atoms with van der Waals surface area (Å²) in [5.74, 6) is -0.350. The van der Waals surface area contributed by atoms with Gasteiger partial charge in [-0.15, -0.1) is 0 Å². The molecule has 0 aliphatic carbocycles. The van der Waals surface area contributed by atoms with Crippen molar-refractivity contribution >= 4 is 21.8 Å². The van der Waals surface area contributed by atoms with Crippen LogP contribution in [0.5, 0.6) is 0 Å². The molecule has 21 heavy (non-hydrogen) atoms. The van der Waals surface area contributed by atoms with E-state index in [-0.39, 0.29) is 5.91 Å². The van der Waals surface area contributed by atoms with Gasteiger partial charge in [0.05, 0.1) is 0 Å². The molecule has 0 radical (unpaired) electrons. The molecule has 1 aromatic heterocycles. The summed E-state index contributed by atoms with van der Waals surface area (Å²) in [6.07, 6.45) is 2.55. The number of nitrogens with two attached hydrogens (primary N) is 1. The third-order valence-corrected chi connectivity index (χ3v) is 3.81. The molecule has 2 N–H and O–H groups in total. The first-order valence-corrected chi connectivity index (χ1v) is 7.52. The second-order valence-corrected chi connectivity index (χ2v) is 5.83. The number of hydrogen-bond donors (Lipinski definition) is 1. The van der Waals surface area contributed by atoms with Gasteiger partial charge in [0.2, 0.25) is 5.91 Å². The molecule has 0 fully saturated rings. The molecule has 1 amide bonds. The average molecular weight is 348 g/mol. The van der Waals surface area contributed by atoms with Crippen LogP contribution < -0.4 is 5.73 Å². The van der Waals surface area contributed by atoms with Crippen LogP contribution in [-0.2, 0) is 11.2 Å². The summed E-state index contributed by atoms with van der Waals surface area (Å²) >= 11 is 3.42. The number of aromatic nitrogens is 1. The summed E-state index contributed by atoms with van der Waals surface area (Å²) in [5.41, 5.74) is 7.47. The number of carbonyl (C=O) groups is 1. The summed E-state index contributed by atoms with van der Waals surface area (Å²) in [5, 5.41) is 0. The van der Waals surface area contributed by atoms with Crippen LogP contribution in [-0.4, -0.2) is 29.4 Å². The first kappa shape index (κ1) is 15.7. The van der Waals surface area contributed by atoms with Gasteiger partial charge >= 0.3 is 0 Å². The molecular formula is C16H18BrN3O. The maximum Gasteiger partial charge on any atom is 0.239 e. The van der Waals surface area contributed by atoms with Crippen LogP contribution in [0.25, 0.3) is 0 Å². The standard InChI is InChI=1S/C16H18BrN3O/c1-20(10-8-14-7-2-3-9-19-14)15(16(18)21)12-5-4-6-13(17)11-12/h2-7,9,11,15H,8,10H2,1H3,(H2,18,21). The number of rotatable bonds is 6. The Morgan fingerprint density at radius 2 is 2.14 bits per heavy atom. The van der Waals surface area contributed by atoms with Crippen LogP contribution in [0.3, 0.4) is 0 Å². The zero-order chi connectivity index (χ0) is 15.2. The molecular weight excluding hydrogens is 330 g/mol. The Bertz CT molecular complexity index is 603. The predicted octanol–water partition coefficient (Wildman–Crippen LogP) is 2.54. The molecule has 0 aliphatic rings. The van der Waals surface area contributed by atoms with Gasteiger partial charge in [-0.2, -0.15) is 0 Å². The van der Waals surface area contributed by atoms with Gasteiger partial charge in [-0.25, -0.2) is 0 Å². The summed E-state index contributed by atoms with van der Waals surface area (Å²) < 4.78 is 0.935. The average Bonchev–Trinajstić information content (AvgIpc) is 2.46. The Labute approximate surface area is 133 Å². The molecule has 0 spiro atoms. The van der Waals surface area contributed by atoms with E-state index in [2.05, 4.69) is 20.9 Å². The summed E-state index contributed by atoms with van der Waals surface area (Å²) in [6.45, 7) is 0.705. The maximum atomic E-state index is 11.8. The number of primary amides is 1. The van der Waals surface area contributed by atoms with Gasteiger partial charge in [0.1, 0.15) is 6.04 Å². The molecule has 110 valence electrons. The van der Waals surface area contributed by atoms with E-state index in [9.17, 15) is 4.79 Å². The van der Waals surface area contributed by atoms with Gasteiger partial charge in [-0.1, -0.05) is 34.1 Å². The maximum absolute atomic E-state index is 11.8. The molecule has 1 unspecified atom stereocenters. The lowest BCUT2D eigenvalue weighted by Gasteiger charge is -2.25. The molecule has 2 aromatic rings. The third kappa shape index (κ3) is 4.37. The number of likely N-dealkylation sites (N-methyl/N-ethyl adjacent to an activating group) is 1. The van der Waals surface area contributed by atoms with E-state index < -0.39 is 6.04 Å². The number of carbonyl (C=O) groups excluding carboxylic acids is 1. The summed E-state index contributed by atoms with van der Waals surface area (Å²) in [7, 11) is 1.90. The fourth-order valence-corrected chi connectivity index (χ4v) is 2.70. The first-order valence-electron chi connectivity index (χ1n) is 6.73. The Morgan fingerprint density at radius 1 is 1.33 bits per heavy atom. The van der Waals surface area contributed by atoms with E-state index in [0.717, 1.165) is 22.2 Å². The smallest absolute Gasteiger partial charge is 0.239 e. The van der Waals surface area contributed by atoms with Gasteiger partial charge in [0, 0.05) is 29.3 Å². The number of benzene rings is 1. The van der Waals surface area contributed by atoms with Crippen molar-refractivity contribution in [3.8, 4) is 0 Å². The number of hydrogen-bond acceptors (Lipinski definition) is 3. The van der Waals surface area contributed by atoms with Crippen LogP contribution in [0.15, 0.2) is 53.1 Å². The highest BCUT2D eigenvalue weighted by molar-refractivity contribution is 9.10. The van der Waals surface area contributed by atoms with E-state index in [1.807, 2.05) is 54.4 Å². The lowest BCUT2D eigenvalue weighted by Crippen LogP contribution is -2.36. The molecule has 0 bridgehead atoms. The third-order valence-electron chi connectivity index (χ3n) is 3.32. The lowest BCUT2D eigenvalue weighted by molar-refractivity contribution is -0.123. The van der Waals surface area contributed by atoms with Crippen LogP contribution in [0.4, 0.5) is 0 Å². The van der Waals surface area contributed by atoms with E-state index in [1.54, 1.807) is 6.20 Å². The Kier molecular flexibility index (Phi) is 5.47. The monoisotopic (exact) mass is 347 g/mol. The molecule has 0 saturated heterocycles. The fraction of sp³-hybridized carbons (Fsp3) is 0.250. The van der Waals surface area contributed by atoms with Crippen molar-refractivity contribution < 1.29 is 4.79 Å². The molecule has 0 saturated carbocycles. The van der Waals surface area contributed by atoms with Crippen LogP contribution in [0.1, 0.15) is 17.3 Å². The molecule has 1 atom stereocenters. The van der Waals surface area contributed by atoms with Crippen molar-refractivity contribution in [3.63, 3.8) is 0 Å². The van der Waals surface area contributed by atoms with Crippen molar-refractivity contribution in [3.05, 3.63) is 64.4 Å². The van der Waals surface area contributed by atoms with Crippen molar-refractivity contribution in [2.24, 2.45) is 5.73 Å². The normalized spacial score (nSPS) is 12.3. The van der Waals surface area contributed by atoms with E-state index in [4.69, 9.17) is 5.73 Å². The second-order valence-electron chi connectivity index (χ2n) is 4.91. The van der Waals surface area contributed by atoms with Gasteiger partial charge in [-0.05, 0) is 36.9 Å². The van der Waals surface area contributed by atoms with E-state index >= 15 is 0 Å². The SMILES string of the molecule is CN(CCc1ccccn1)C(C(N)=O)c1cccc(Br)c1. The minimum Gasteiger partial charge on any atom is -0.368 e. The highest BCUT2D eigenvalue weighted by Crippen LogP contribution is 2.22. The van der Waals surface area contributed by atoms with E-state index in [0.29, 0.717) is 6.54 Å². The first-order chi connectivity index (χ1) is 10.1. The lowest BCUT2D eigenvalue weighted by atomic mass is 10.0. The number of pyridine rings is 1. The van der Waals surface area contributed by atoms with Gasteiger partial charge in [0.15, 0.2) is 0 Å². The second kappa shape index (κ2) is 7.33. The summed E-state index contributed by atoms with van der Waals surface area (Å²) in [4.78, 5) is 18.1. The Hall–Kier alpha value is -1.72. The van der Waals surface area contributed by atoms with Crippen molar-refractivity contribution in [2.75, 3.05) is 13.6 Å². The Balaban J connectivity index is 2.09. The van der Waals surface area contributed by atoms with Crippen LogP contribution >= 0.6 is 15.9 Å². The van der Waals surface area contributed by atoms with Gasteiger partial charge in [0.25, 0.3) is 0 Å². The summed E-state index contributed by atoms with van der Waals surface area (Å²) in [6, 6.07) is 13.1. The van der Waals surface area contributed by atoms with Crippen molar-refractivity contribution in [1.82, 2.24) is 9.88 Å². The molecule has 0 aliphatic heterocycles. The zero-order valence-electron chi connectivity index (χ0n) is 11.9. The quantitative estimate of drug-likeness (QED) is 0.873. The minimum absolute atomic E-state index is 0.350. The fourth-order valence-electron chi connectivity index (χ4n) is 2.28. The highest BCUT2D eigenvalue weighted by Gasteiger charge is 2.22.